The molecule has 0 aromatic heterocycles. The second-order valence-electron chi connectivity index (χ2n) is 3.49. The minimum Gasteiger partial charge on any atom is -0.353 e. The first-order valence-corrected chi connectivity index (χ1v) is 3.89. The Bertz CT molecular complexity index is 155. The van der Waals surface area contributed by atoms with Crippen LogP contribution in [0.25, 0.3) is 0 Å². The molecule has 1 unspecified atom stereocenters. The maximum atomic E-state index is 11.2. The molecule has 1 N–H and O–H groups in total. The van der Waals surface area contributed by atoms with Gasteiger partial charge in [-0.1, -0.05) is 13.8 Å². The predicted molar refractivity (Wildman–Crippen MR) is 40.6 cm³/mol. The first-order chi connectivity index (χ1) is 4.58. The van der Waals surface area contributed by atoms with E-state index in [9.17, 15) is 4.79 Å². The molecule has 1 heterocycles. The molecule has 1 amide bonds. The molecule has 1 saturated heterocycles. The topological polar surface area (TPSA) is 29.1 Å². The van der Waals surface area contributed by atoms with Crippen LogP contribution in [-0.4, -0.2) is 11.9 Å². The second-order valence-corrected chi connectivity index (χ2v) is 3.49. The fourth-order valence-electron chi connectivity index (χ4n) is 1.52. The Morgan fingerprint density at radius 1 is 1.80 bits per heavy atom. The highest BCUT2D eigenvalue weighted by Crippen LogP contribution is 2.32. The van der Waals surface area contributed by atoms with Crippen LogP contribution in [0, 0.1) is 5.41 Å². The lowest BCUT2D eigenvalue weighted by Crippen LogP contribution is -2.28. The monoisotopic (exact) mass is 141 g/mol. The summed E-state index contributed by atoms with van der Waals surface area (Å²) in [5.74, 6) is 0.225. The van der Waals surface area contributed by atoms with Gasteiger partial charge in [-0.2, -0.15) is 0 Å². The van der Waals surface area contributed by atoms with Crippen LogP contribution in [-0.2, 0) is 4.79 Å². The molecule has 1 aliphatic rings. The van der Waals surface area contributed by atoms with Gasteiger partial charge in [-0.25, -0.2) is 0 Å². The number of carbonyl (C=O) groups excluding carboxylic acids is 1. The number of rotatable bonds is 1. The van der Waals surface area contributed by atoms with Crippen LogP contribution in [0.1, 0.15) is 33.6 Å². The maximum absolute atomic E-state index is 11.2. The van der Waals surface area contributed by atoms with E-state index in [1.54, 1.807) is 0 Å². The number of hydrogen-bond acceptors (Lipinski definition) is 1. The van der Waals surface area contributed by atoms with Crippen molar-refractivity contribution in [2.75, 3.05) is 0 Å². The van der Waals surface area contributed by atoms with Crippen molar-refractivity contribution in [1.82, 2.24) is 5.32 Å². The molecule has 1 fully saturated rings. The van der Waals surface area contributed by atoms with Crippen LogP contribution >= 0.6 is 0 Å². The van der Waals surface area contributed by atoms with Crippen molar-refractivity contribution in [3.63, 3.8) is 0 Å². The highest BCUT2D eigenvalue weighted by atomic mass is 16.2. The van der Waals surface area contributed by atoms with Crippen LogP contribution in [0.5, 0.6) is 0 Å². The van der Waals surface area contributed by atoms with Crippen molar-refractivity contribution in [1.29, 1.82) is 0 Å². The van der Waals surface area contributed by atoms with E-state index in [4.69, 9.17) is 0 Å². The van der Waals surface area contributed by atoms with Crippen molar-refractivity contribution < 1.29 is 4.79 Å². The molecule has 0 spiro atoms. The summed E-state index contributed by atoms with van der Waals surface area (Å²) in [6.45, 7) is 6.16. The zero-order valence-electron chi connectivity index (χ0n) is 6.90. The van der Waals surface area contributed by atoms with Crippen LogP contribution in [0.2, 0.25) is 0 Å². The number of nitrogens with one attached hydrogen (secondary N) is 1. The minimum atomic E-state index is -0.0839. The Kier molecular flexibility index (Phi) is 1.71. The molecule has 0 aromatic rings. The molecule has 58 valence electrons. The molecular formula is C8H15NO. The van der Waals surface area contributed by atoms with E-state index in [0.29, 0.717) is 6.04 Å². The van der Waals surface area contributed by atoms with Gasteiger partial charge >= 0.3 is 0 Å². The zero-order valence-corrected chi connectivity index (χ0v) is 6.90. The molecular weight excluding hydrogens is 126 g/mol. The second kappa shape index (κ2) is 2.26. The molecule has 2 nitrogen and oxygen atoms in total. The summed E-state index contributed by atoms with van der Waals surface area (Å²) >= 11 is 0. The van der Waals surface area contributed by atoms with Crippen LogP contribution in [0.4, 0.5) is 0 Å². The third kappa shape index (κ3) is 1.02. The molecule has 0 aliphatic carbocycles. The number of carbonyl (C=O) groups is 1. The van der Waals surface area contributed by atoms with E-state index in [2.05, 4.69) is 19.2 Å². The first-order valence-electron chi connectivity index (χ1n) is 3.89. The van der Waals surface area contributed by atoms with Gasteiger partial charge in [0.15, 0.2) is 0 Å². The molecule has 0 bridgehead atoms. The molecule has 0 aromatic carbocycles. The van der Waals surface area contributed by atoms with Crippen molar-refractivity contribution >= 4 is 5.91 Å². The normalized spacial score (nSPS) is 39.9. The summed E-state index contributed by atoms with van der Waals surface area (Å²) < 4.78 is 0. The standard InChI is InChI=1S/C8H15NO/c1-4-8(3)5-6(2)9-7(8)10/h6H,4-5H2,1-3H3,(H,9,10)/t6?,8-/m1/s1. The van der Waals surface area contributed by atoms with Crippen molar-refractivity contribution in [3.8, 4) is 0 Å². The van der Waals surface area contributed by atoms with Crippen LogP contribution in [0.3, 0.4) is 0 Å². The van der Waals surface area contributed by atoms with Gasteiger partial charge < -0.3 is 5.32 Å². The van der Waals surface area contributed by atoms with Gasteiger partial charge in [0.2, 0.25) is 5.91 Å². The quantitative estimate of drug-likeness (QED) is 0.586. The number of hydrogen-bond donors (Lipinski definition) is 1. The summed E-state index contributed by atoms with van der Waals surface area (Å²) in [7, 11) is 0. The summed E-state index contributed by atoms with van der Waals surface area (Å²) in [4.78, 5) is 11.2. The lowest BCUT2D eigenvalue weighted by atomic mass is 9.85. The molecule has 0 radical (unpaired) electrons. The highest BCUT2D eigenvalue weighted by Gasteiger charge is 2.39. The van der Waals surface area contributed by atoms with E-state index < -0.39 is 0 Å². The van der Waals surface area contributed by atoms with E-state index in [0.717, 1.165) is 12.8 Å². The molecule has 2 atom stereocenters. The van der Waals surface area contributed by atoms with Gasteiger partial charge in [-0.05, 0) is 19.8 Å². The molecule has 10 heavy (non-hydrogen) atoms. The number of amides is 1. The average Bonchev–Trinajstić information content (AvgIpc) is 2.09. The summed E-state index contributed by atoms with van der Waals surface area (Å²) in [6, 6.07) is 0.373. The molecule has 2 heteroatoms. The van der Waals surface area contributed by atoms with Crippen molar-refractivity contribution in [2.45, 2.75) is 39.7 Å². The van der Waals surface area contributed by atoms with E-state index >= 15 is 0 Å². The van der Waals surface area contributed by atoms with E-state index in [1.807, 2.05) is 6.92 Å². The third-order valence-electron chi connectivity index (χ3n) is 2.46. The predicted octanol–water partition coefficient (Wildman–Crippen LogP) is 1.31. The fourth-order valence-corrected chi connectivity index (χ4v) is 1.52. The third-order valence-corrected chi connectivity index (χ3v) is 2.46. The van der Waals surface area contributed by atoms with Crippen LogP contribution in [0.15, 0.2) is 0 Å². The molecule has 0 saturated carbocycles. The maximum Gasteiger partial charge on any atom is 0.226 e. The Balaban J connectivity index is 2.70. The van der Waals surface area contributed by atoms with Gasteiger partial charge in [-0.15, -0.1) is 0 Å². The van der Waals surface area contributed by atoms with Gasteiger partial charge in [0.1, 0.15) is 0 Å². The van der Waals surface area contributed by atoms with Crippen LogP contribution < -0.4 is 5.32 Å². The average molecular weight is 141 g/mol. The van der Waals surface area contributed by atoms with Gasteiger partial charge in [-0.3, -0.25) is 4.79 Å². The summed E-state index contributed by atoms with van der Waals surface area (Å²) in [5.41, 5.74) is -0.0839. The van der Waals surface area contributed by atoms with E-state index in [1.165, 1.54) is 0 Å². The Morgan fingerprint density at radius 2 is 2.40 bits per heavy atom. The lowest BCUT2D eigenvalue weighted by Gasteiger charge is -2.16. The van der Waals surface area contributed by atoms with E-state index in [-0.39, 0.29) is 11.3 Å². The Labute approximate surface area is 62.0 Å². The van der Waals surface area contributed by atoms with Gasteiger partial charge in [0.25, 0.3) is 0 Å². The smallest absolute Gasteiger partial charge is 0.226 e. The molecule has 1 rings (SSSR count). The van der Waals surface area contributed by atoms with Crippen molar-refractivity contribution in [2.24, 2.45) is 5.41 Å². The van der Waals surface area contributed by atoms with Crippen molar-refractivity contribution in [3.05, 3.63) is 0 Å². The minimum absolute atomic E-state index is 0.0839. The summed E-state index contributed by atoms with van der Waals surface area (Å²) in [5, 5.41) is 2.92. The summed E-state index contributed by atoms with van der Waals surface area (Å²) in [6.07, 6.45) is 1.94. The first kappa shape index (κ1) is 7.58. The Hall–Kier alpha value is -0.530. The van der Waals surface area contributed by atoms with Gasteiger partial charge in [0, 0.05) is 11.5 Å². The molecule has 1 aliphatic heterocycles. The Morgan fingerprint density at radius 3 is 2.60 bits per heavy atom. The largest absolute Gasteiger partial charge is 0.353 e. The highest BCUT2D eigenvalue weighted by molar-refractivity contribution is 5.84. The fraction of sp³-hybridized carbons (Fsp3) is 0.875. The lowest BCUT2D eigenvalue weighted by molar-refractivity contribution is -0.127. The zero-order chi connectivity index (χ0) is 7.78. The van der Waals surface area contributed by atoms with Gasteiger partial charge in [0.05, 0.1) is 0 Å². The SMILES string of the molecule is CC[C@]1(C)CC(C)NC1=O.